The van der Waals surface area contributed by atoms with Crippen LogP contribution in [0.3, 0.4) is 0 Å². The quantitative estimate of drug-likeness (QED) is 0.573. The van der Waals surface area contributed by atoms with E-state index in [1.54, 1.807) is 0 Å². The zero-order valence-electron chi connectivity index (χ0n) is 10.4. The first-order valence-electron chi connectivity index (χ1n) is 6.46. The molecule has 3 fully saturated rings. The molecule has 3 aliphatic heterocycles. The number of hydrogen-bond acceptors (Lipinski definition) is 2. The standard InChI is InChI=1S/C13H21N3S/c1-3-10-9-16-6-5-11(10)7-12(16)8-15-13(17)14-4-2/h1,10-12H,4-9H2,2H3,(H2,14,15,17). The Balaban J connectivity index is 1.81. The van der Waals surface area contributed by atoms with E-state index in [4.69, 9.17) is 18.6 Å². The zero-order valence-corrected chi connectivity index (χ0v) is 11.2. The van der Waals surface area contributed by atoms with Crippen LogP contribution in [0.15, 0.2) is 0 Å². The maximum Gasteiger partial charge on any atom is 0.166 e. The van der Waals surface area contributed by atoms with Crippen molar-refractivity contribution < 1.29 is 0 Å². The van der Waals surface area contributed by atoms with Crippen molar-refractivity contribution in [2.75, 3.05) is 26.2 Å². The third-order valence-corrected chi connectivity index (χ3v) is 4.22. The molecule has 0 saturated carbocycles. The molecule has 0 aromatic carbocycles. The predicted molar refractivity (Wildman–Crippen MR) is 74.7 cm³/mol. The fourth-order valence-electron chi connectivity index (χ4n) is 2.97. The fourth-order valence-corrected chi connectivity index (χ4v) is 3.20. The van der Waals surface area contributed by atoms with Crippen LogP contribution in [-0.2, 0) is 0 Å². The van der Waals surface area contributed by atoms with Gasteiger partial charge in [-0.1, -0.05) is 0 Å². The van der Waals surface area contributed by atoms with Gasteiger partial charge in [0.2, 0.25) is 0 Å². The summed E-state index contributed by atoms with van der Waals surface area (Å²) in [7, 11) is 0. The Morgan fingerprint density at radius 2 is 2.35 bits per heavy atom. The van der Waals surface area contributed by atoms with Crippen molar-refractivity contribution in [3.8, 4) is 12.3 Å². The highest BCUT2D eigenvalue weighted by molar-refractivity contribution is 7.80. The van der Waals surface area contributed by atoms with Gasteiger partial charge in [0.25, 0.3) is 0 Å². The van der Waals surface area contributed by atoms with Crippen LogP contribution in [0.25, 0.3) is 0 Å². The van der Waals surface area contributed by atoms with Crippen LogP contribution in [0, 0.1) is 24.2 Å². The van der Waals surface area contributed by atoms with Gasteiger partial charge in [0.05, 0.1) is 0 Å². The lowest BCUT2D eigenvalue weighted by atomic mass is 9.76. The molecule has 3 saturated heterocycles. The van der Waals surface area contributed by atoms with Gasteiger partial charge in [0.1, 0.15) is 0 Å². The second-order valence-corrected chi connectivity index (χ2v) is 5.35. The zero-order chi connectivity index (χ0) is 12.3. The summed E-state index contributed by atoms with van der Waals surface area (Å²) in [5.74, 6) is 4.14. The summed E-state index contributed by atoms with van der Waals surface area (Å²) in [6, 6.07) is 0.606. The van der Waals surface area contributed by atoms with E-state index in [1.165, 1.54) is 19.4 Å². The molecular weight excluding hydrogens is 230 g/mol. The van der Waals surface area contributed by atoms with Crippen LogP contribution in [0.1, 0.15) is 19.8 Å². The highest BCUT2D eigenvalue weighted by atomic mass is 32.1. The minimum Gasteiger partial charge on any atom is -0.363 e. The SMILES string of the molecule is C#CC1CN2CCC1CC2CNC(=S)NCC. The second-order valence-electron chi connectivity index (χ2n) is 4.95. The Hall–Kier alpha value is -0.790. The topological polar surface area (TPSA) is 27.3 Å². The van der Waals surface area contributed by atoms with Crippen molar-refractivity contribution in [3.63, 3.8) is 0 Å². The highest BCUT2D eigenvalue weighted by Crippen LogP contribution is 2.35. The summed E-state index contributed by atoms with van der Waals surface area (Å²) in [5.41, 5.74) is 0. The molecule has 4 heteroatoms. The molecule has 3 nitrogen and oxygen atoms in total. The van der Waals surface area contributed by atoms with E-state index in [-0.39, 0.29) is 0 Å². The molecule has 2 bridgehead atoms. The Morgan fingerprint density at radius 1 is 1.53 bits per heavy atom. The average molecular weight is 251 g/mol. The van der Waals surface area contributed by atoms with Gasteiger partial charge in [-0.05, 0) is 44.4 Å². The predicted octanol–water partition coefficient (Wildman–Crippen LogP) is 0.814. The second kappa shape index (κ2) is 5.70. The molecule has 0 aromatic rings. The van der Waals surface area contributed by atoms with E-state index >= 15 is 0 Å². The lowest BCUT2D eigenvalue weighted by molar-refractivity contribution is 0.0248. The van der Waals surface area contributed by atoms with E-state index < -0.39 is 0 Å². The van der Waals surface area contributed by atoms with Gasteiger partial charge in [0, 0.05) is 31.6 Å². The first-order valence-corrected chi connectivity index (χ1v) is 6.87. The Labute approximate surface area is 109 Å². The first-order chi connectivity index (χ1) is 8.24. The molecule has 17 heavy (non-hydrogen) atoms. The number of terminal acetylenes is 1. The van der Waals surface area contributed by atoms with Crippen molar-refractivity contribution in [2.24, 2.45) is 11.8 Å². The third kappa shape index (κ3) is 2.91. The summed E-state index contributed by atoms with van der Waals surface area (Å²) in [5, 5.41) is 7.18. The first kappa shape index (κ1) is 12.7. The summed E-state index contributed by atoms with van der Waals surface area (Å²) in [6.45, 7) is 6.14. The van der Waals surface area contributed by atoms with E-state index in [0.717, 1.165) is 30.7 Å². The maximum atomic E-state index is 5.57. The molecule has 2 N–H and O–H groups in total. The summed E-state index contributed by atoms with van der Waals surface area (Å²) in [4.78, 5) is 2.52. The normalized spacial score (nSPS) is 35.1. The minimum atomic E-state index is 0.473. The lowest BCUT2D eigenvalue weighted by Gasteiger charge is -2.48. The van der Waals surface area contributed by atoms with Gasteiger partial charge >= 0.3 is 0 Å². The smallest absolute Gasteiger partial charge is 0.166 e. The molecule has 0 aliphatic carbocycles. The molecular formula is C13H21N3S. The van der Waals surface area contributed by atoms with Crippen molar-refractivity contribution in [1.29, 1.82) is 0 Å². The average Bonchev–Trinajstić information content (AvgIpc) is 2.37. The number of piperidine rings is 3. The van der Waals surface area contributed by atoms with E-state index in [0.29, 0.717) is 12.0 Å². The molecule has 0 spiro atoms. The lowest BCUT2D eigenvalue weighted by Crippen LogP contribution is -2.57. The van der Waals surface area contributed by atoms with Crippen molar-refractivity contribution in [3.05, 3.63) is 0 Å². The van der Waals surface area contributed by atoms with Crippen LogP contribution in [0.2, 0.25) is 0 Å². The summed E-state index contributed by atoms with van der Waals surface area (Å²) < 4.78 is 0. The summed E-state index contributed by atoms with van der Waals surface area (Å²) in [6.07, 6.45) is 8.06. The molecule has 3 heterocycles. The van der Waals surface area contributed by atoms with E-state index in [1.807, 2.05) is 0 Å². The summed E-state index contributed by atoms with van der Waals surface area (Å²) >= 11 is 5.18. The molecule has 3 rings (SSSR count). The monoisotopic (exact) mass is 251 g/mol. The number of nitrogens with one attached hydrogen (secondary N) is 2. The van der Waals surface area contributed by atoms with Crippen molar-refractivity contribution in [1.82, 2.24) is 15.5 Å². The Bertz CT molecular complexity index is 323. The Morgan fingerprint density at radius 3 is 2.94 bits per heavy atom. The largest absolute Gasteiger partial charge is 0.363 e. The molecule has 0 radical (unpaired) electrons. The van der Waals surface area contributed by atoms with Gasteiger partial charge in [-0.2, -0.15) is 0 Å². The fraction of sp³-hybridized carbons (Fsp3) is 0.769. The van der Waals surface area contributed by atoms with Gasteiger partial charge in [0.15, 0.2) is 5.11 Å². The van der Waals surface area contributed by atoms with E-state index in [9.17, 15) is 0 Å². The molecule has 0 aromatic heterocycles. The van der Waals surface area contributed by atoms with Crippen LogP contribution < -0.4 is 10.6 Å². The van der Waals surface area contributed by atoms with Gasteiger partial charge in [-0.3, -0.25) is 4.90 Å². The van der Waals surface area contributed by atoms with E-state index in [2.05, 4.69) is 28.4 Å². The van der Waals surface area contributed by atoms with Gasteiger partial charge < -0.3 is 10.6 Å². The van der Waals surface area contributed by atoms with Gasteiger partial charge in [-0.25, -0.2) is 0 Å². The molecule has 0 amide bonds. The number of fused-ring (bicyclic) bond motifs is 3. The molecule has 4 unspecified atom stereocenters. The van der Waals surface area contributed by atoms with Crippen molar-refractivity contribution in [2.45, 2.75) is 25.8 Å². The van der Waals surface area contributed by atoms with Crippen LogP contribution >= 0.6 is 12.2 Å². The van der Waals surface area contributed by atoms with Gasteiger partial charge in [-0.15, -0.1) is 12.3 Å². The van der Waals surface area contributed by atoms with Crippen LogP contribution in [0.4, 0.5) is 0 Å². The minimum absolute atomic E-state index is 0.473. The Kier molecular flexibility index (Phi) is 4.25. The molecule has 4 atom stereocenters. The maximum absolute atomic E-state index is 5.57. The molecule has 3 aliphatic rings. The number of hydrogen-bond donors (Lipinski definition) is 2. The third-order valence-electron chi connectivity index (χ3n) is 3.93. The highest BCUT2D eigenvalue weighted by Gasteiger charge is 2.38. The molecule has 94 valence electrons. The van der Waals surface area contributed by atoms with Crippen molar-refractivity contribution >= 4 is 17.3 Å². The number of thiocarbonyl (C=S) groups is 1. The number of nitrogens with zero attached hydrogens (tertiary/aromatic N) is 1. The van der Waals surface area contributed by atoms with Crippen LogP contribution in [-0.4, -0.2) is 42.2 Å². The number of rotatable bonds is 3. The van der Waals surface area contributed by atoms with Crippen LogP contribution in [0.5, 0.6) is 0 Å².